The predicted molar refractivity (Wildman–Crippen MR) is 85.4 cm³/mol. The highest BCUT2D eigenvalue weighted by atomic mass is 16.2. The lowest BCUT2D eigenvalue weighted by Gasteiger charge is -2.33. The Morgan fingerprint density at radius 1 is 1.32 bits per heavy atom. The van der Waals surface area contributed by atoms with Crippen molar-refractivity contribution in [3.8, 4) is 0 Å². The molecule has 0 bridgehead atoms. The summed E-state index contributed by atoms with van der Waals surface area (Å²) in [6, 6.07) is 2.13. The van der Waals surface area contributed by atoms with Gasteiger partial charge in [0.05, 0.1) is 5.69 Å². The van der Waals surface area contributed by atoms with Gasteiger partial charge in [-0.15, -0.1) is 0 Å². The van der Waals surface area contributed by atoms with Crippen molar-refractivity contribution >= 4 is 5.91 Å². The van der Waals surface area contributed by atoms with E-state index < -0.39 is 0 Å². The Balaban J connectivity index is 1.37. The van der Waals surface area contributed by atoms with Crippen molar-refractivity contribution in [2.24, 2.45) is 17.8 Å². The number of carbonyl (C=O) groups excluding carboxylic acids is 1. The van der Waals surface area contributed by atoms with Gasteiger partial charge in [0.15, 0.2) is 0 Å². The average Bonchev–Trinajstić information content (AvgIpc) is 3.44. The molecule has 2 aliphatic carbocycles. The Kier molecular flexibility index (Phi) is 3.71. The number of rotatable bonds is 5. The molecule has 120 valence electrons. The Morgan fingerprint density at radius 3 is 2.64 bits per heavy atom. The summed E-state index contributed by atoms with van der Waals surface area (Å²) in [7, 11) is 0. The minimum atomic E-state index is 0.403. The van der Waals surface area contributed by atoms with Gasteiger partial charge >= 0.3 is 0 Å². The topological polar surface area (TPSA) is 49.0 Å². The molecule has 1 amide bonds. The molecule has 22 heavy (non-hydrogen) atoms. The van der Waals surface area contributed by atoms with E-state index in [1.54, 1.807) is 0 Å². The molecule has 1 aliphatic heterocycles. The van der Waals surface area contributed by atoms with Crippen molar-refractivity contribution in [3.63, 3.8) is 0 Å². The molecule has 3 fully saturated rings. The second-order valence-electron chi connectivity index (χ2n) is 7.70. The monoisotopic (exact) mass is 301 g/mol. The predicted octanol–water partition coefficient (Wildman–Crippen LogP) is 3.25. The smallest absolute Gasteiger partial charge is 0.222 e. The molecule has 0 aromatic carbocycles. The van der Waals surface area contributed by atoms with Crippen LogP contribution in [0, 0.1) is 24.7 Å². The van der Waals surface area contributed by atoms with Gasteiger partial charge in [0, 0.05) is 31.1 Å². The van der Waals surface area contributed by atoms with E-state index in [1.165, 1.54) is 25.7 Å². The highest BCUT2D eigenvalue weighted by Crippen LogP contribution is 2.50. The second-order valence-corrected chi connectivity index (χ2v) is 7.70. The molecule has 1 saturated heterocycles. The lowest BCUT2D eigenvalue weighted by atomic mass is 9.91. The number of nitrogens with zero attached hydrogens (tertiary/aromatic N) is 2. The summed E-state index contributed by atoms with van der Waals surface area (Å²) in [6.45, 7) is 3.85. The van der Waals surface area contributed by atoms with E-state index in [9.17, 15) is 4.79 Å². The first-order valence-corrected chi connectivity index (χ1v) is 9.00. The number of H-pyrrole nitrogens is 1. The Morgan fingerprint density at radius 2 is 2.05 bits per heavy atom. The summed E-state index contributed by atoms with van der Waals surface area (Å²) in [5, 5.41) is 7.44. The van der Waals surface area contributed by atoms with Gasteiger partial charge in [-0.3, -0.25) is 9.89 Å². The van der Waals surface area contributed by atoms with E-state index in [4.69, 9.17) is 0 Å². The van der Waals surface area contributed by atoms with Gasteiger partial charge < -0.3 is 4.90 Å². The number of aromatic amines is 1. The van der Waals surface area contributed by atoms with Gasteiger partial charge in [-0.2, -0.15) is 5.10 Å². The SMILES string of the molecule is Cc1cc(C2CCCN(C(=O)CC(C3CC3)C3CC3)C2)n[nH]1. The molecule has 2 saturated carbocycles. The minimum Gasteiger partial charge on any atom is -0.342 e. The summed E-state index contributed by atoms with van der Waals surface area (Å²) < 4.78 is 0. The Bertz CT molecular complexity index is 532. The van der Waals surface area contributed by atoms with Gasteiger partial charge in [0.1, 0.15) is 0 Å². The van der Waals surface area contributed by atoms with E-state index in [0.717, 1.165) is 55.6 Å². The third kappa shape index (κ3) is 3.06. The molecule has 4 heteroatoms. The standard InChI is InChI=1S/C18H27N3O/c1-12-9-17(20-19-12)15-3-2-8-21(11-15)18(22)10-16(13-4-5-13)14-6-7-14/h9,13-16H,2-8,10-11H2,1H3,(H,19,20). The molecule has 1 aromatic rings. The van der Waals surface area contributed by atoms with Crippen molar-refractivity contribution in [3.05, 3.63) is 17.5 Å². The van der Waals surface area contributed by atoms with E-state index >= 15 is 0 Å². The molecule has 0 radical (unpaired) electrons. The molecule has 3 aliphatic rings. The van der Waals surface area contributed by atoms with Crippen LogP contribution in [-0.4, -0.2) is 34.1 Å². The maximum Gasteiger partial charge on any atom is 0.222 e. The van der Waals surface area contributed by atoms with Crippen LogP contribution in [0.1, 0.15) is 62.3 Å². The first-order valence-electron chi connectivity index (χ1n) is 9.00. The second kappa shape index (κ2) is 5.71. The maximum absolute atomic E-state index is 12.8. The van der Waals surface area contributed by atoms with Crippen LogP contribution in [0.3, 0.4) is 0 Å². The van der Waals surface area contributed by atoms with Crippen LogP contribution in [0.2, 0.25) is 0 Å². The number of amides is 1. The molecule has 1 unspecified atom stereocenters. The quantitative estimate of drug-likeness (QED) is 0.907. The fraction of sp³-hybridized carbons (Fsp3) is 0.778. The van der Waals surface area contributed by atoms with Crippen LogP contribution < -0.4 is 0 Å². The van der Waals surface area contributed by atoms with Crippen molar-refractivity contribution in [1.29, 1.82) is 0 Å². The molecule has 1 N–H and O–H groups in total. The number of nitrogens with one attached hydrogen (secondary N) is 1. The fourth-order valence-electron chi connectivity index (χ4n) is 4.19. The number of piperidine rings is 1. The van der Waals surface area contributed by atoms with Crippen LogP contribution >= 0.6 is 0 Å². The highest BCUT2D eigenvalue weighted by molar-refractivity contribution is 5.76. The van der Waals surface area contributed by atoms with Gasteiger partial charge in [-0.05, 0) is 69.3 Å². The van der Waals surface area contributed by atoms with Crippen molar-refractivity contribution < 1.29 is 4.79 Å². The zero-order valence-corrected chi connectivity index (χ0v) is 13.6. The maximum atomic E-state index is 12.8. The summed E-state index contributed by atoms with van der Waals surface area (Å²) in [4.78, 5) is 14.9. The Hall–Kier alpha value is -1.32. The minimum absolute atomic E-state index is 0.403. The molecule has 2 heterocycles. The van der Waals surface area contributed by atoms with Crippen LogP contribution in [-0.2, 0) is 4.79 Å². The number of aromatic nitrogens is 2. The average molecular weight is 301 g/mol. The first kappa shape index (κ1) is 14.3. The largest absolute Gasteiger partial charge is 0.342 e. The number of aryl methyl sites for hydroxylation is 1. The molecule has 1 aromatic heterocycles. The number of hydrogen-bond donors (Lipinski definition) is 1. The summed E-state index contributed by atoms with van der Waals surface area (Å²) in [5.74, 6) is 3.25. The van der Waals surface area contributed by atoms with Crippen LogP contribution in [0.25, 0.3) is 0 Å². The van der Waals surface area contributed by atoms with E-state index in [-0.39, 0.29) is 0 Å². The zero-order valence-electron chi connectivity index (χ0n) is 13.6. The van der Waals surface area contributed by atoms with Crippen molar-refractivity contribution in [2.75, 3.05) is 13.1 Å². The molecular formula is C18H27N3O. The summed E-state index contributed by atoms with van der Waals surface area (Å²) in [6.07, 6.45) is 8.53. The molecule has 0 spiro atoms. The highest BCUT2D eigenvalue weighted by Gasteiger charge is 2.43. The zero-order chi connectivity index (χ0) is 15.1. The first-order chi connectivity index (χ1) is 10.7. The molecule has 4 nitrogen and oxygen atoms in total. The third-order valence-electron chi connectivity index (χ3n) is 5.78. The number of carbonyl (C=O) groups is 1. The number of likely N-dealkylation sites (tertiary alicyclic amines) is 1. The normalized spacial score (nSPS) is 25.7. The summed E-state index contributed by atoms with van der Waals surface area (Å²) >= 11 is 0. The van der Waals surface area contributed by atoms with Crippen LogP contribution in [0.15, 0.2) is 6.07 Å². The lowest BCUT2D eigenvalue weighted by molar-refractivity contribution is -0.133. The van der Waals surface area contributed by atoms with E-state index in [2.05, 4.69) is 21.2 Å². The third-order valence-corrected chi connectivity index (χ3v) is 5.78. The van der Waals surface area contributed by atoms with Crippen molar-refractivity contribution in [1.82, 2.24) is 15.1 Å². The Labute approximate surface area is 132 Å². The van der Waals surface area contributed by atoms with Gasteiger partial charge in [0.25, 0.3) is 0 Å². The van der Waals surface area contributed by atoms with Crippen molar-refractivity contribution in [2.45, 2.75) is 57.8 Å². The number of hydrogen-bond acceptors (Lipinski definition) is 2. The van der Waals surface area contributed by atoms with Gasteiger partial charge in [-0.1, -0.05) is 0 Å². The van der Waals surface area contributed by atoms with E-state index in [0.29, 0.717) is 17.7 Å². The van der Waals surface area contributed by atoms with Crippen LogP contribution in [0.5, 0.6) is 0 Å². The van der Waals surface area contributed by atoms with Gasteiger partial charge in [0.2, 0.25) is 5.91 Å². The lowest BCUT2D eigenvalue weighted by Crippen LogP contribution is -2.40. The molecule has 4 rings (SSSR count). The van der Waals surface area contributed by atoms with E-state index in [1.807, 2.05) is 6.92 Å². The van der Waals surface area contributed by atoms with Gasteiger partial charge in [-0.25, -0.2) is 0 Å². The molecular weight excluding hydrogens is 274 g/mol. The summed E-state index contributed by atoms with van der Waals surface area (Å²) in [5.41, 5.74) is 2.25. The fourth-order valence-corrected chi connectivity index (χ4v) is 4.19. The molecule has 1 atom stereocenters. The van der Waals surface area contributed by atoms with Crippen LogP contribution in [0.4, 0.5) is 0 Å².